The number of carbonyl (C=O) groups excluding carboxylic acids is 3. The van der Waals surface area contributed by atoms with Crippen molar-refractivity contribution < 1.29 is 18.8 Å². The number of halogens is 1. The number of nitrogens with zero attached hydrogens (tertiary/aromatic N) is 4. The molecule has 0 bridgehead atoms. The summed E-state index contributed by atoms with van der Waals surface area (Å²) in [5.74, 6) is -0.131. The van der Waals surface area contributed by atoms with Crippen molar-refractivity contribution in [1.82, 2.24) is 25.1 Å². The van der Waals surface area contributed by atoms with Crippen molar-refractivity contribution in [3.05, 3.63) is 36.5 Å². The largest absolute Gasteiger partial charge is 0.334 e. The molecule has 0 radical (unpaired) electrons. The number of fused-ring (bicyclic) bond motifs is 1. The first-order valence-electron chi connectivity index (χ1n) is 11.9. The molecule has 0 spiro atoms. The van der Waals surface area contributed by atoms with E-state index in [0.29, 0.717) is 18.5 Å². The summed E-state index contributed by atoms with van der Waals surface area (Å²) in [4.78, 5) is 43.3. The Labute approximate surface area is 195 Å². The molecule has 2 heterocycles. The van der Waals surface area contributed by atoms with Crippen LogP contribution in [0.25, 0.3) is 0 Å². The lowest BCUT2D eigenvalue weighted by molar-refractivity contribution is -0.189. The van der Waals surface area contributed by atoms with E-state index in [9.17, 15) is 18.8 Å². The van der Waals surface area contributed by atoms with Crippen LogP contribution >= 0.6 is 0 Å². The number of nitrogens with one attached hydrogen (secondary N) is 1. The zero-order valence-corrected chi connectivity index (χ0v) is 19.7. The van der Waals surface area contributed by atoms with Crippen LogP contribution in [0.1, 0.15) is 45.4 Å². The molecular weight excluding hydrogens is 425 g/mol. The van der Waals surface area contributed by atoms with Gasteiger partial charge in [-0.05, 0) is 24.8 Å². The van der Waals surface area contributed by atoms with Crippen LogP contribution in [-0.2, 0) is 9.59 Å². The van der Waals surface area contributed by atoms with Gasteiger partial charge in [0.1, 0.15) is 18.9 Å². The number of allylic oxidation sites excluding steroid dienone is 3. The number of urea groups is 1. The van der Waals surface area contributed by atoms with Gasteiger partial charge in [-0.25, -0.2) is 19.2 Å². The van der Waals surface area contributed by atoms with Crippen LogP contribution in [0.3, 0.4) is 0 Å². The van der Waals surface area contributed by atoms with E-state index in [2.05, 4.69) is 11.9 Å². The van der Waals surface area contributed by atoms with Crippen molar-refractivity contribution in [2.24, 2.45) is 0 Å². The van der Waals surface area contributed by atoms with Crippen molar-refractivity contribution in [2.75, 3.05) is 33.4 Å². The fraction of sp³-hybridized carbons (Fsp3) is 0.625. The third kappa shape index (κ3) is 5.46. The maximum absolute atomic E-state index is 13.4. The van der Waals surface area contributed by atoms with Gasteiger partial charge in [0.05, 0.1) is 13.1 Å². The number of hydrogen-bond acceptors (Lipinski definition) is 4. The van der Waals surface area contributed by atoms with Gasteiger partial charge < -0.3 is 15.1 Å². The first kappa shape index (κ1) is 25.0. The third-order valence-electron chi connectivity index (χ3n) is 6.62. The smallest absolute Gasteiger partial charge is 0.334 e. The second-order valence-electron chi connectivity index (χ2n) is 8.87. The lowest BCUT2D eigenvalue weighted by Crippen LogP contribution is -2.76. The molecule has 3 aliphatic rings. The molecule has 2 atom stereocenters. The molecule has 1 unspecified atom stereocenters. The minimum atomic E-state index is -0.597. The van der Waals surface area contributed by atoms with Crippen molar-refractivity contribution in [3.63, 3.8) is 0 Å². The average molecular weight is 462 g/mol. The van der Waals surface area contributed by atoms with Crippen LogP contribution in [0.5, 0.6) is 0 Å². The molecule has 182 valence electrons. The number of alkyl halides is 1. The standard InChI is InChI=1S/C24H36FN5O3/c1-4-9-18(11-8-14-25)15-26-24(33)30-21-16-28(19-12-6-7-13-19)23(32)20(10-5-2)29(21)22(31)17-27(30)3/h4,8-9,11,19-21H,1,5-7,10,12-17H2,2-3H3,(H,26,33)/b11-8-,18-9+/t20-,21?/m0/s1. The summed E-state index contributed by atoms with van der Waals surface area (Å²) in [7, 11) is 1.71. The maximum atomic E-state index is 13.4. The topological polar surface area (TPSA) is 76.2 Å². The summed E-state index contributed by atoms with van der Waals surface area (Å²) in [6, 6.07) is -0.742. The van der Waals surface area contributed by atoms with Crippen molar-refractivity contribution in [1.29, 1.82) is 0 Å². The van der Waals surface area contributed by atoms with Gasteiger partial charge in [0.25, 0.3) is 0 Å². The molecule has 0 aromatic rings. The van der Waals surface area contributed by atoms with Gasteiger partial charge in [-0.15, -0.1) is 0 Å². The normalized spacial score (nSPS) is 25.2. The Kier molecular flexibility index (Phi) is 8.66. The Balaban J connectivity index is 1.84. The van der Waals surface area contributed by atoms with Crippen LogP contribution < -0.4 is 5.32 Å². The zero-order valence-electron chi connectivity index (χ0n) is 19.7. The molecular formula is C24H36FN5O3. The molecule has 3 fully saturated rings. The second kappa shape index (κ2) is 11.4. The minimum Gasteiger partial charge on any atom is -0.334 e. The van der Waals surface area contributed by atoms with Gasteiger partial charge in [0.15, 0.2) is 0 Å². The number of rotatable bonds is 8. The second-order valence-corrected chi connectivity index (χ2v) is 8.87. The monoisotopic (exact) mass is 461 g/mol. The van der Waals surface area contributed by atoms with Gasteiger partial charge in [-0.1, -0.05) is 57.1 Å². The van der Waals surface area contributed by atoms with Crippen LogP contribution in [-0.4, -0.2) is 89.3 Å². The van der Waals surface area contributed by atoms with E-state index in [1.807, 2.05) is 11.8 Å². The fourth-order valence-corrected chi connectivity index (χ4v) is 5.14. The van der Waals surface area contributed by atoms with Crippen LogP contribution in [0, 0.1) is 0 Å². The van der Waals surface area contributed by atoms with Gasteiger partial charge >= 0.3 is 6.03 Å². The van der Waals surface area contributed by atoms with Crippen molar-refractivity contribution in [3.8, 4) is 0 Å². The molecule has 9 heteroatoms. The average Bonchev–Trinajstić information content (AvgIpc) is 3.32. The van der Waals surface area contributed by atoms with Crippen molar-refractivity contribution >= 4 is 17.8 Å². The summed E-state index contributed by atoms with van der Waals surface area (Å²) in [6.07, 6.45) is 11.2. The molecule has 0 aromatic heterocycles. The first-order valence-corrected chi connectivity index (χ1v) is 11.9. The number of hydrazine groups is 1. The molecule has 1 aliphatic carbocycles. The molecule has 1 saturated carbocycles. The molecule has 1 N–H and O–H groups in total. The zero-order chi connectivity index (χ0) is 24.0. The Bertz CT molecular complexity index is 808. The lowest BCUT2D eigenvalue weighted by Gasteiger charge is -2.55. The van der Waals surface area contributed by atoms with Crippen LogP contribution in [0.2, 0.25) is 0 Å². The Hall–Kier alpha value is -2.68. The fourth-order valence-electron chi connectivity index (χ4n) is 5.14. The highest BCUT2D eigenvalue weighted by atomic mass is 19.1. The highest BCUT2D eigenvalue weighted by Gasteiger charge is 2.51. The van der Waals surface area contributed by atoms with Crippen molar-refractivity contribution in [2.45, 2.75) is 63.7 Å². The van der Waals surface area contributed by atoms with Crippen LogP contribution in [0.4, 0.5) is 9.18 Å². The van der Waals surface area contributed by atoms with Gasteiger partial charge in [-0.2, -0.15) is 0 Å². The van der Waals surface area contributed by atoms with Gasteiger partial charge in [0, 0.05) is 19.6 Å². The number of carbonyl (C=O) groups is 3. The number of likely N-dealkylation sites (N-methyl/N-ethyl adjacent to an activating group) is 1. The number of hydrogen-bond donors (Lipinski definition) is 1. The predicted molar refractivity (Wildman–Crippen MR) is 125 cm³/mol. The third-order valence-corrected chi connectivity index (χ3v) is 6.62. The van der Waals surface area contributed by atoms with Crippen LogP contribution in [0.15, 0.2) is 36.5 Å². The Morgan fingerprint density at radius 3 is 2.64 bits per heavy atom. The number of piperazine rings is 1. The van der Waals surface area contributed by atoms with Gasteiger partial charge in [0.2, 0.25) is 11.8 Å². The summed E-state index contributed by atoms with van der Waals surface area (Å²) < 4.78 is 12.5. The highest BCUT2D eigenvalue weighted by Crippen LogP contribution is 2.32. The summed E-state index contributed by atoms with van der Waals surface area (Å²) in [6.45, 7) is 5.59. The molecule has 33 heavy (non-hydrogen) atoms. The van der Waals surface area contributed by atoms with E-state index < -0.39 is 18.9 Å². The van der Waals surface area contributed by atoms with Gasteiger partial charge in [-0.3, -0.25) is 9.59 Å². The molecule has 3 rings (SSSR count). The first-order chi connectivity index (χ1) is 15.9. The molecule has 2 saturated heterocycles. The maximum Gasteiger partial charge on any atom is 0.334 e. The summed E-state index contributed by atoms with van der Waals surface area (Å²) >= 11 is 0. The molecule has 0 aromatic carbocycles. The van der Waals surface area contributed by atoms with E-state index in [1.54, 1.807) is 40.2 Å². The Morgan fingerprint density at radius 1 is 1.27 bits per heavy atom. The quantitative estimate of drug-likeness (QED) is 0.564. The SMILES string of the molecule is C=C/C=C(\C=C/CF)CNC(=O)N1C2CN(C3CCCC3)C(=O)[C@H](CCC)N2C(=O)CN1C. The van der Waals surface area contributed by atoms with E-state index in [4.69, 9.17) is 0 Å². The van der Waals surface area contributed by atoms with E-state index in [0.717, 1.165) is 32.1 Å². The van der Waals surface area contributed by atoms with E-state index >= 15 is 0 Å². The lowest BCUT2D eigenvalue weighted by atomic mass is 10.00. The summed E-state index contributed by atoms with van der Waals surface area (Å²) in [5.41, 5.74) is 0.707. The van der Waals surface area contributed by atoms with E-state index in [-0.39, 0.29) is 37.0 Å². The minimum absolute atomic E-state index is 0.00539. The molecule has 2 aliphatic heterocycles. The number of amides is 4. The molecule has 4 amide bonds. The Morgan fingerprint density at radius 2 is 2.00 bits per heavy atom. The summed E-state index contributed by atoms with van der Waals surface area (Å²) in [5, 5.41) is 6.06. The molecule has 8 nitrogen and oxygen atoms in total. The highest BCUT2D eigenvalue weighted by molar-refractivity contribution is 5.91. The predicted octanol–water partition coefficient (Wildman–Crippen LogP) is 2.60. The van der Waals surface area contributed by atoms with E-state index in [1.165, 1.54) is 6.08 Å².